The van der Waals surface area contributed by atoms with Crippen LogP contribution in [0.2, 0.25) is 5.02 Å². The molecule has 29 heavy (non-hydrogen) atoms. The van der Waals surface area contributed by atoms with Crippen LogP contribution in [0.4, 0.5) is 0 Å². The number of fused-ring (bicyclic) bond motifs is 4. The molecule has 0 radical (unpaired) electrons. The van der Waals surface area contributed by atoms with Gasteiger partial charge in [0.2, 0.25) is 11.6 Å². The van der Waals surface area contributed by atoms with E-state index >= 15 is 0 Å². The zero-order chi connectivity index (χ0) is 20.2. The first kappa shape index (κ1) is 18.5. The second-order valence-corrected chi connectivity index (χ2v) is 8.65. The number of benzene rings is 2. The average molecular weight is 410 g/mol. The van der Waals surface area contributed by atoms with Gasteiger partial charge in [-0.1, -0.05) is 41.4 Å². The van der Waals surface area contributed by atoms with Crippen molar-refractivity contribution in [2.24, 2.45) is 5.10 Å². The lowest BCUT2D eigenvalue weighted by Gasteiger charge is -2.51. The van der Waals surface area contributed by atoms with Crippen LogP contribution in [-0.4, -0.2) is 40.3 Å². The Morgan fingerprint density at radius 2 is 1.90 bits per heavy atom. The molecule has 1 amide bonds. The van der Waals surface area contributed by atoms with Crippen molar-refractivity contribution < 1.29 is 9.53 Å². The summed E-state index contributed by atoms with van der Waals surface area (Å²) < 4.78 is 6.62. The van der Waals surface area contributed by atoms with Gasteiger partial charge in [-0.3, -0.25) is 4.79 Å². The van der Waals surface area contributed by atoms with Gasteiger partial charge in [-0.25, -0.2) is 5.01 Å². The van der Waals surface area contributed by atoms with E-state index in [-0.39, 0.29) is 11.9 Å². The Hall–Kier alpha value is -2.53. The highest BCUT2D eigenvalue weighted by Crippen LogP contribution is 2.50. The quantitative estimate of drug-likeness (QED) is 0.695. The molecule has 5 nitrogen and oxygen atoms in total. The van der Waals surface area contributed by atoms with Crippen LogP contribution in [0.25, 0.3) is 0 Å². The molecule has 3 heterocycles. The monoisotopic (exact) mass is 409 g/mol. The summed E-state index contributed by atoms with van der Waals surface area (Å²) in [6.07, 6.45) is 2.32. The minimum Gasteiger partial charge on any atom is -0.466 e. The second kappa shape index (κ2) is 6.77. The van der Waals surface area contributed by atoms with Gasteiger partial charge in [0.1, 0.15) is 5.75 Å². The molecule has 1 saturated heterocycles. The number of halogens is 1. The summed E-state index contributed by atoms with van der Waals surface area (Å²) in [5.41, 5.74) is 4.05. The van der Waals surface area contributed by atoms with Gasteiger partial charge in [0, 0.05) is 49.9 Å². The van der Waals surface area contributed by atoms with E-state index in [1.54, 1.807) is 6.92 Å². The molecule has 2 aromatic carbocycles. The summed E-state index contributed by atoms with van der Waals surface area (Å²) >= 11 is 6.08. The fourth-order valence-electron chi connectivity index (χ4n) is 4.72. The highest BCUT2D eigenvalue weighted by molar-refractivity contribution is 6.30. The number of hydrazone groups is 1. The van der Waals surface area contributed by atoms with Crippen molar-refractivity contribution in [3.05, 3.63) is 64.2 Å². The smallest absolute Gasteiger partial charge is 0.219 e. The number of carbonyl (C=O) groups is 1. The Kier molecular flexibility index (Phi) is 4.32. The van der Waals surface area contributed by atoms with Gasteiger partial charge in [-0.05, 0) is 30.7 Å². The van der Waals surface area contributed by atoms with Crippen molar-refractivity contribution in [1.82, 2.24) is 9.91 Å². The molecule has 1 unspecified atom stereocenters. The van der Waals surface area contributed by atoms with E-state index in [2.05, 4.69) is 30.1 Å². The standard InChI is InChI=1S/C23H24ClN3O2/c1-15-3-8-22-19(13-15)21-14-20(17-4-6-18(24)7-5-17)25-27(21)23(29-22)9-11-26(12-10-23)16(2)28/h3-8,13,21H,9-12,14H2,1-2H3. The molecule has 3 aliphatic heterocycles. The molecule has 0 aliphatic carbocycles. The van der Waals surface area contributed by atoms with Crippen LogP contribution in [0, 0.1) is 6.92 Å². The number of piperidine rings is 1. The molecular formula is C23H24ClN3O2. The topological polar surface area (TPSA) is 45.1 Å². The van der Waals surface area contributed by atoms with Crippen LogP contribution < -0.4 is 4.74 Å². The molecule has 0 saturated carbocycles. The lowest BCUT2D eigenvalue weighted by molar-refractivity contribution is -0.158. The minimum absolute atomic E-state index is 0.120. The van der Waals surface area contributed by atoms with Crippen LogP contribution in [0.15, 0.2) is 47.6 Å². The predicted octanol–water partition coefficient (Wildman–Crippen LogP) is 4.53. The number of rotatable bonds is 1. The number of carbonyl (C=O) groups excluding carboxylic acids is 1. The summed E-state index contributed by atoms with van der Waals surface area (Å²) in [6.45, 7) is 5.11. The SMILES string of the molecule is CC(=O)N1CCC2(CC1)Oc1ccc(C)cc1C1CC(c3ccc(Cl)cc3)=NN12. The zero-order valence-corrected chi connectivity index (χ0v) is 17.4. The molecule has 0 bridgehead atoms. The third-order valence-electron chi connectivity index (χ3n) is 6.32. The maximum absolute atomic E-state index is 11.8. The maximum atomic E-state index is 11.8. The zero-order valence-electron chi connectivity index (χ0n) is 16.7. The number of aryl methyl sites for hydroxylation is 1. The Morgan fingerprint density at radius 3 is 2.59 bits per heavy atom. The number of hydrogen-bond donors (Lipinski definition) is 0. The molecule has 0 aromatic heterocycles. The molecule has 1 fully saturated rings. The van der Waals surface area contributed by atoms with Crippen molar-refractivity contribution in [3.63, 3.8) is 0 Å². The highest BCUT2D eigenvalue weighted by atomic mass is 35.5. The first-order chi connectivity index (χ1) is 13.9. The average Bonchev–Trinajstić information content (AvgIpc) is 3.16. The first-order valence-corrected chi connectivity index (χ1v) is 10.5. The molecule has 1 atom stereocenters. The van der Waals surface area contributed by atoms with E-state index in [1.807, 2.05) is 29.2 Å². The highest BCUT2D eigenvalue weighted by Gasteiger charge is 2.52. The second-order valence-electron chi connectivity index (χ2n) is 8.21. The third-order valence-corrected chi connectivity index (χ3v) is 6.57. The summed E-state index contributed by atoms with van der Waals surface area (Å²) in [5.74, 6) is 1.07. The molecule has 2 aromatic rings. The number of ether oxygens (including phenoxy) is 1. The largest absolute Gasteiger partial charge is 0.466 e. The van der Waals surface area contributed by atoms with E-state index in [4.69, 9.17) is 21.4 Å². The van der Waals surface area contributed by atoms with E-state index in [9.17, 15) is 4.79 Å². The normalized spacial score (nSPS) is 22.0. The van der Waals surface area contributed by atoms with Gasteiger partial charge in [0.15, 0.2) is 0 Å². The van der Waals surface area contributed by atoms with Gasteiger partial charge >= 0.3 is 0 Å². The van der Waals surface area contributed by atoms with Gasteiger partial charge in [0.05, 0.1) is 11.8 Å². The maximum Gasteiger partial charge on any atom is 0.219 e. The Labute approximate surface area is 175 Å². The number of nitrogens with zero attached hydrogens (tertiary/aromatic N) is 3. The first-order valence-electron chi connectivity index (χ1n) is 10.1. The Morgan fingerprint density at radius 1 is 1.17 bits per heavy atom. The van der Waals surface area contributed by atoms with Gasteiger partial charge in [-0.2, -0.15) is 5.10 Å². The van der Waals surface area contributed by atoms with Crippen LogP contribution in [-0.2, 0) is 4.79 Å². The summed E-state index contributed by atoms with van der Waals surface area (Å²) in [7, 11) is 0. The third kappa shape index (κ3) is 3.08. The van der Waals surface area contributed by atoms with E-state index in [1.165, 1.54) is 11.1 Å². The van der Waals surface area contributed by atoms with Crippen molar-refractivity contribution >= 4 is 23.2 Å². The van der Waals surface area contributed by atoms with E-state index in [0.29, 0.717) is 13.1 Å². The summed E-state index contributed by atoms with van der Waals surface area (Å²) in [4.78, 5) is 13.7. The van der Waals surface area contributed by atoms with Crippen molar-refractivity contribution in [1.29, 1.82) is 0 Å². The van der Waals surface area contributed by atoms with Crippen molar-refractivity contribution in [2.45, 2.75) is 44.9 Å². The van der Waals surface area contributed by atoms with E-state index < -0.39 is 5.72 Å². The van der Waals surface area contributed by atoms with Gasteiger partial charge in [0.25, 0.3) is 0 Å². The van der Waals surface area contributed by atoms with E-state index in [0.717, 1.165) is 41.3 Å². The molecule has 6 heteroatoms. The van der Waals surface area contributed by atoms with Crippen molar-refractivity contribution in [2.75, 3.05) is 13.1 Å². The summed E-state index contributed by atoms with van der Waals surface area (Å²) in [6, 6.07) is 14.4. The fourth-order valence-corrected chi connectivity index (χ4v) is 4.85. The number of likely N-dealkylation sites (tertiary alicyclic amines) is 1. The molecule has 0 N–H and O–H groups in total. The number of amides is 1. The predicted molar refractivity (Wildman–Crippen MR) is 113 cm³/mol. The van der Waals surface area contributed by atoms with Gasteiger partial charge in [-0.15, -0.1) is 0 Å². The van der Waals surface area contributed by atoms with Crippen LogP contribution in [0.1, 0.15) is 48.9 Å². The Balaban J connectivity index is 1.55. The fraction of sp³-hybridized carbons (Fsp3) is 0.391. The number of hydrogen-bond acceptors (Lipinski definition) is 4. The van der Waals surface area contributed by atoms with Gasteiger partial charge < -0.3 is 9.64 Å². The van der Waals surface area contributed by atoms with Crippen LogP contribution in [0.3, 0.4) is 0 Å². The molecule has 1 spiro atoms. The Bertz CT molecular complexity index is 994. The molecule has 5 rings (SSSR count). The van der Waals surface area contributed by atoms with Crippen molar-refractivity contribution in [3.8, 4) is 5.75 Å². The lowest BCUT2D eigenvalue weighted by atomic mass is 9.90. The lowest BCUT2D eigenvalue weighted by Crippen LogP contribution is -2.59. The molecular weight excluding hydrogens is 386 g/mol. The molecule has 3 aliphatic rings. The summed E-state index contributed by atoms with van der Waals surface area (Å²) in [5, 5.41) is 7.97. The molecule has 150 valence electrons. The van der Waals surface area contributed by atoms with Crippen LogP contribution >= 0.6 is 11.6 Å². The minimum atomic E-state index is -0.507. The van der Waals surface area contributed by atoms with Crippen LogP contribution in [0.5, 0.6) is 5.75 Å².